The van der Waals surface area contributed by atoms with Crippen LogP contribution in [-0.2, 0) is 19.1 Å². The maximum absolute atomic E-state index is 11.9. The van der Waals surface area contributed by atoms with Crippen molar-refractivity contribution in [1.82, 2.24) is 4.90 Å². The fourth-order valence-corrected chi connectivity index (χ4v) is 2.23. The zero-order chi connectivity index (χ0) is 12.5. The summed E-state index contributed by atoms with van der Waals surface area (Å²) in [5.74, 6) is -0.918. The van der Waals surface area contributed by atoms with Gasteiger partial charge in [-0.25, -0.2) is 4.79 Å². The van der Waals surface area contributed by atoms with Crippen LogP contribution in [0.2, 0.25) is 0 Å². The van der Waals surface area contributed by atoms with E-state index < -0.39 is 11.6 Å². The summed E-state index contributed by atoms with van der Waals surface area (Å²) in [7, 11) is 0. The minimum Gasteiger partial charge on any atom is -0.480 e. The fourth-order valence-electron chi connectivity index (χ4n) is 2.23. The van der Waals surface area contributed by atoms with Crippen LogP contribution in [0.15, 0.2) is 0 Å². The van der Waals surface area contributed by atoms with Gasteiger partial charge in [-0.05, 0) is 13.3 Å². The highest BCUT2D eigenvalue weighted by Gasteiger charge is 2.44. The lowest BCUT2D eigenvalue weighted by Gasteiger charge is -2.47. The molecule has 0 spiro atoms. The molecule has 17 heavy (non-hydrogen) atoms. The van der Waals surface area contributed by atoms with Crippen molar-refractivity contribution in [2.24, 2.45) is 5.92 Å². The highest BCUT2D eigenvalue weighted by Crippen LogP contribution is 2.28. The van der Waals surface area contributed by atoms with Crippen LogP contribution in [0.4, 0.5) is 0 Å². The van der Waals surface area contributed by atoms with Crippen LogP contribution in [0.3, 0.4) is 0 Å². The first-order valence-corrected chi connectivity index (χ1v) is 5.72. The van der Waals surface area contributed by atoms with Gasteiger partial charge in [-0.2, -0.15) is 0 Å². The largest absolute Gasteiger partial charge is 0.480 e. The van der Waals surface area contributed by atoms with E-state index >= 15 is 0 Å². The average molecular weight is 243 g/mol. The van der Waals surface area contributed by atoms with Crippen molar-refractivity contribution in [1.29, 1.82) is 0 Å². The Balaban J connectivity index is 1.77. The van der Waals surface area contributed by atoms with E-state index in [-0.39, 0.29) is 18.4 Å². The molecule has 96 valence electrons. The average Bonchev–Trinajstić information content (AvgIpc) is 2.74. The van der Waals surface area contributed by atoms with Gasteiger partial charge in [0.05, 0.1) is 25.6 Å². The van der Waals surface area contributed by atoms with E-state index in [1.165, 1.54) is 0 Å². The highest BCUT2D eigenvalue weighted by molar-refractivity contribution is 5.80. The topological polar surface area (TPSA) is 76.1 Å². The first kappa shape index (κ1) is 12.3. The number of carbonyl (C=O) groups is 2. The second-order valence-corrected chi connectivity index (χ2v) is 4.89. The van der Waals surface area contributed by atoms with E-state index in [9.17, 15) is 9.59 Å². The third-order valence-corrected chi connectivity index (χ3v) is 3.19. The van der Waals surface area contributed by atoms with Gasteiger partial charge in [-0.1, -0.05) is 0 Å². The van der Waals surface area contributed by atoms with Gasteiger partial charge in [0.15, 0.2) is 0 Å². The van der Waals surface area contributed by atoms with Crippen molar-refractivity contribution in [3.05, 3.63) is 0 Å². The number of ether oxygens (including phenoxy) is 2. The molecule has 1 unspecified atom stereocenters. The predicted octanol–water partition coefficient (Wildman–Crippen LogP) is -0.275. The van der Waals surface area contributed by atoms with Crippen LogP contribution < -0.4 is 0 Å². The lowest BCUT2D eigenvalue weighted by atomic mass is 9.94. The van der Waals surface area contributed by atoms with Gasteiger partial charge in [0.25, 0.3) is 0 Å². The molecule has 2 saturated heterocycles. The van der Waals surface area contributed by atoms with E-state index in [4.69, 9.17) is 14.6 Å². The van der Waals surface area contributed by atoms with Gasteiger partial charge < -0.3 is 19.5 Å². The SMILES string of the molecule is CC1(OCC(=O)O)CN(C(=O)C2CCOC2)C1. The lowest BCUT2D eigenvalue weighted by Crippen LogP contribution is -2.64. The molecule has 2 aliphatic rings. The second kappa shape index (κ2) is 4.62. The summed E-state index contributed by atoms with van der Waals surface area (Å²) in [6.45, 7) is 3.60. The van der Waals surface area contributed by atoms with E-state index in [1.807, 2.05) is 6.92 Å². The molecule has 2 rings (SSSR count). The number of carbonyl (C=O) groups excluding carboxylic acids is 1. The number of hydrogen-bond donors (Lipinski definition) is 1. The van der Waals surface area contributed by atoms with Crippen LogP contribution in [0, 0.1) is 5.92 Å². The third kappa shape index (κ3) is 2.76. The molecule has 0 saturated carbocycles. The normalized spacial score (nSPS) is 26.6. The molecule has 0 radical (unpaired) electrons. The summed E-state index contributed by atoms with van der Waals surface area (Å²) >= 11 is 0. The number of carboxylic acids is 1. The summed E-state index contributed by atoms with van der Waals surface area (Å²) < 4.78 is 10.4. The molecule has 6 nitrogen and oxygen atoms in total. The van der Waals surface area contributed by atoms with Crippen molar-refractivity contribution >= 4 is 11.9 Å². The fraction of sp³-hybridized carbons (Fsp3) is 0.818. The lowest BCUT2D eigenvalue weighted by molar-refractivity contribution is -0.175. The van der Waals surface area contributed by atoms with Crippen LogP contribution in [0.1, 0.15) is 13.3 Å². The minimum atomic E-state index is -0.986. The van der Waals surface area contributed by atoms with Crippen molar-refractivity contribution in [2.75, 3.05) is 32.9 Å². The van der Waals surface area contributed by atoms with Crippen molar-refractivity contribution in [3.63, 3.8) is 0 Å². The summed E-state index contributed by atoms with van der Waals surface area (Å²) in [5, 5.41) is 8.52. The summed E-state index contributed by atoms with van der Waals surface area (Å²) in [5.41, 5.74) is -0.506. The van der Waals surface area contributed by atoms with Gasteiger partial charge in [0, 0.05) is 6.61 Å². The van der Waals surface area contributed by atoms with Gasteiger partial charge in [0.2, 0.25) is 5.91 Å². The van der Waals surface area contributed by atoms with Gasteiger partial charge in [0.1, 0.15) is 12.2 Å². The zero-order valence-corrected chi connectivity index (χ0v) is 9.85. The molecule has 0 aromatic carbocycles. The molecule has 2 aliphatic heterocycles. The van der Waals surface area contributed by atoms with Crippen LogP contribution in [0.25, 0.3) is 0 Å². The maximum Gasteiger partial charge on any atom is 0.329 e. The zero-order valence-electron chi connectivity index (χ0n) is 9.85. The Labute approximate surface area is 99.5 Å². The molecular formula is C11H17NO5. The van der Waals surface area contributed by atoms with E-state index in [1.54, 1.807) is 4.90 Å². The number of amides is 1. The maximum atomic E-state index is 11.9. The number of rotatable bonds is 4. The van der Waals surface area contributed by atoms with Crippen LogP contribution in [-0.4, -0.2) is 60.4 Å². The summed E-state index contributed by atoms with van der Waals surface area (Å²) in [6.07, 6.45) is 0.780. The predicted molar refractivity (Wildman–Crippen MR) is 57.5 cm³/mol. The molecule has 2 fully saturated rings. The van der Waals surface area contributed by atoms with E-state index in [0.29, 0.717) is 26.3 Å². The molecule has 0 aromatic heterocycles. The van der Waals surface area contributed by atoms with Crippen molar-refractivity contribution in [2.45, 2.75) is 18.9 Å². The highest BCUT2D eigenvalue weighted by atomic mass is 16.5. The molecule has 2 heterocycles. The molecule has 1 N–H and O–H groups in total. The molecule has 1 amide bonds. The summed E-state index contributed by atoms with van der Waals surface area (Å²) in [4.78, 5) is 24.0. The minimum absolute atomic E-state index is 0.0287. The number of carboxylic acid groups (broad SMARTS) is 1. The smallest absolute Gasteiger partial charge is 0.329 e. The number of nitrogens with zero attached hydrogens (tertiary/aromatic N) is 1. The Hall–Kier alpha value is -1.14. The molecule has 0 aliphatic carbocycles. The molecule has 0 bridgehead atoms. The standard InChI is InChI=1S/C11H17NO5/c1-11(17-5-9(13)14)6-12(7-11)10(15)8-2-3-16-4-8/h8H,2-7H2,1H3,(H,13,14). The van der Waals surface area contributed by atoms with Crippen LogP contribution >= 0.6 is 0 Å². The monoisotopic (exact) mass is 243 g/mol. The molecule has 1 atom stereocenters. The third-order valence-electron chi connectivity index (χ3n) is 3.19. The molecule has 0 aromatic rings. The van der Waals surface area contributed by atoms with Gasteiger partial charge >= 0.3 is 5.97 Å². The van der Waals surface area contributed by atoms with Crippen molar-refractivity contribution in [3.8, 4) is 0 Å². The first-order chi connectivity index (χ1) is 8.00. The Morgan fingerprint density at radius 3 is 2.76 bits per heavy atom. The number of aliphatic carboxylic acids is 1. The Morgan fingerprint density at radius 2 is 2.24 bits per heavy atom. The molecular weight excluding hydrogens is 226 g/mol. The quantitative estimate of drug-likeness (QED) is 0.735. The van der Waals surface area contributed by atoms with Gasteiger partial charge in [-0.3, -0.25) is 4.79 Å². The number of likely N-dealkylation sites (tertiary alicyclic amines) is 1. The van der Waals surface area contributed by atoms with Crippen LogP contribution in [0.5, 0.6) is 0 Å². The van der Waals surface area contributed by atoms with Crippen molar-refractivity contribution < 1.29 is 24.2 Å². The Kier molecular flexibility index (Phi) is 3.35. The van der Waals surface area contributed by atoms with E-state index in [0.717, 1.165) is 6.42 Å². The number of hydrogen-bond acceptors (Lipinski definition) is 4. The Morgan fingerprint density at radius 1 is 1.53 bits per heavy atom. The van der Waals surface area contributed by atoms with Gasteiger partial charge in [-0.15, -0.1) is 0 Å². The first-order valence-electron chi connectivity index (χ1n) is 5.72. The summed E-state index contributed by atoms with van der Waals surface area (Å²) in [6, 6.07) is 0. The van der Waals surface area contributed by atoms with E-state index in [2.05, 4.69) is 0 Å². The molecule has 6 heteroatoms. The second-order valence-electron chi connectivity index (χ2n) is 4.89. The Bertz CT molecular complexity index is 318.